The molecule has 0 spiro atoms. The lowest BCUT2D eigenvalue weighted by Crippen LogP contribution is -2.23. The summed E-state index contributed by atoms with van der Waals surface area (Å²) in [6.07, 6.45) is 3.58. The molecule has 0 radical (unpaired) electrons. The Labute approximate surface area is 124 Å². The first kappa shape index (κ1) is 13.9. The number of rotatable bonds is 6. The number of nitrogens with zero attached hydrogens (tertiary/aromatic N) is 1. The molecule has 1 N–H and O–H groups in total. The number of benzene rings is 1. The van der Waals surface area contributed by atoms with Gasteiger partial charge in [0.25, 0.3) is 0 Å². The zero-order valence-electron chi connectivity index (χ0n) is 12.4. The van der Waals surface area contributed by atoms with Gasteiger partial charge in [-0.1, -0.05) is 32.0 Å². The van der Waals surface area contributed by atoms with E-state index < -0.39 is 0 Å². The van der Waals surface area contributed by atoms with E-state index in [0.717, 1.165) is 42.0 Å². The van der Waals surface area contributed by atoms with Gasteiger partial charge in [-0.15, -0.1) is 0 Å². The second-order valence-corrected chi connectivity index (χ2v) is 5.48. The van der Waals surface area contributed by atoms with Gasteiger partial charge in [0.05, 0.1) is 6.20 Å². The Bertz CT molecular complexity index is 679. The van der Waals surface area contributed by atoms with Gasteiger partial charge in [-0.05, 0) is 25.1 Å². The highest BCUT2D eigenvalue weighted by Gasteiger charge is 2.11. The van der Waals surface area contributed by atoms with Crippen molar-refractivity contribution in [3.05, 3.63) is 42.4 Å². The Balaban J connectivity index is 1.66. The Morgan fingerprint density at radius 2 is 2.00 bits per heavy atom. The molecule has 1 aromatic carbocycles. The highest BCUT2D eigenvalue weighted by molar-refractivity contribution is 5.81. The minimum atomic E-state index is 0.515. The number of hydrogen-bond acceptors (Lipinski definition) is 4. The molecule has 2 aromatic heterocycles. The summed E-state index contributed by atoms with van der Waals surface area (Å²) < 4.78 is 11.6. The number of aryl methyl sites for hydroxylation is 1. The van der Waals surface area contributed by atoms with Crippen LogP contribution in [0.5, 0.6) is 0 Å². The third-order valence-electron chi connectivity index (χ3n) is 3.34. The standard InChI is InChI=1S/C17H20N2O2/c1-12(2)18-9-5-8-17-19-11-16(21-17)15-10-13-6-3-4-7-14(13)20-15/h3-4,6-7,10-12,18H,5,8-9H2,1-2H3. The highest BCUT2D eigenvalue weighted by atomic mass is 16.4. The summed E-state index contributed by atoms with van der Waals surface area (Å²) in [4.78, 5) is 4.32. The summed E-state index contributed by atoms with van der Waals surface area (Å²) in [7, 11) is 0. The van der Waals surface area contributed by atoms with Crippen LogP contribution in [0.2, 0.25) is 0 Å². The van der Waals surface area contributed by atoms with Crippen LogP contribution in [0.1, 0.15) is 26.2 Å². The van der Waals surface area contributed by atoms with Crippen molar-refractivity contribution in [1.82, 2.24) is 10.3 Å². The van der Waals surface area contributed by atoms with Crippen LogP contribution in [-0.4, -0.2) is 17.6 Å². The molecule has 4 heteroatoms. The van der Waals surface area contributed by atoms with Crippen LogP contribution in [0, 0.1) is 0 Å². The Morgan fingerprint density at radius 3 is 2.81 bits per heavy atom. The summed E-state index contributed by atoms with van der Waals surface area (Å²) in [6.45, 7) is 5.26. The van der Waals surface area contributed by atoms with Gasteiger partial charge in [0.15, 0.2) is 17.4 Å². The van der Waals surface area contributed by atoms with E-state index in [1.165, 1.54) is 0 Å². The number of para-hydroxylation sites is 1. The third kappa shape index (κ3) is 3.34. The van der Waals surface area contributed by atoms with Crippen molar-refractivity contribution >= 4 is 11.0 Å². The minimum absolute atomic E-state index is 0.515. The molecule has 0 bridgehead atoms. The maximum Gasteiger partial charge on any atom is 0.195 e. The fraction of sp³-hybridized carbons (Fsp3) is 0.353. The Hall–Kier alpha value is -2.07. The maximum atomic E-state index is 5.78. The van der Waals surface area contributed by atoms with Crippen molar-refractivity contribution in [2.24, 2.45) is 0 Å². The van der Waals surface area contributed by atoms with E-state index >= 15 is 0 Å². The lowest BCUT2D eigenvalue weighted by atomic mass is 10.2. The molecule has 4 nitrogen and oxygen atoms in total. The van der Waals surface area contributed by atoms with Crippen molar-refractivity contribution in [3.8, 4) is 11.5 Å². The molecule has 3 rings (SSSR count). The molecule has 0 fully saturated rings. The van der Waals surface area contributed by atoms with E-state index in [-0.39, 0.29) is 0 Å². The van der Waals surface area contributed by atoms with Gasteiger partial charge in [-0.2, -0.15) is 0 Å². The number of oxazole rings is 1. The topological polar surface area (TPSA) is 51.2 Å². The first-order valence-corrected chi connectivity index (χ1v) is 7.39. The lowest BCUT2D eigenvalue weighted by Gasteiger charge is -2.05. The molecule has 0 atom stereocenters. The smallest absolute Gasteiger partial charge is 0.195 e. The average Bonchev–Trinajstić information content (AvgIpc) is 3.09. The molecule has 110 valence electrons. The molecule has 0 saturated carbocycles. The number of furan rings is 1. The minimum Gasteiger partial charge on any atom is -0.453 e. The van der Waals surface area contributed by atoms with Gasteiger partial charge in [0.2, 0.25) is 0 Å². The summed E-state index contributed by atoms with van der Waals surface area (Å²) >= 11 is 0. The predicted octanol–water partition coefficient (Wildman–Crippen LogP) is 4.02. The number of nitrogens with one attached hydrogen (secondary N) is 1. The summed E-state index contributed by atoms with van der Waals surface area (Å²) in [6, 6.07) is 10.4. The molecule has 21 heavy (non-hydrogen) atoms. The molecular weight excluding hydrogens is 264 g/mol. The lowest BCUT2D eigenvalue weighted by molar-refractivity contribution is 0.472. The third-order valence-corrected chi connectivity index (χ3v) is 3.34. The first-order chi connectivity index (χ1) is 10.2. The van der Waals surface area contributed by atoms with Gasteiger partial charge in [0, 0.05) is 17.8 Å². The highest BCUT2D eigenvalue weighted by Crippen LogP contribution is 2.28. The number of fused-ring (bicyclic) bond motifs is 1. The molecule has 0 aliphatic heterocycles. The Morgan fingerprint density at radius 1 is 1.14 bits per heavy atom. The van der Waals surface area contributed by atoms with Crippen molar-refractivity contribution in [2.45, 2.75) is 32.7 Å². The van der Waals surface area contributed by atoms with E-state index in [1.807, 2.05) is 30.3 Å². The molecule has 3 aromatic rings. The summed E-state index contributed by atoms with van der Waals surface area (Å²) in [5.74, 6) is 2.18. The zero-order valence-corrected chi connectivity index (χ0v) is 12.4. The molecule has 0 aliphatic carbocycles. The Kier molecular flexibility index (Phi) is 4.06. The van der Waals surface area contributed by atoms with E-state index in [1.54, 1.807) is 6.20 Å². The second kappa shape index (κ2) is 6.14. The van der Waals surface area contributed by atoms with E-state index in [9.17, 15) is 0 Å². The van der Waals surface area contributed by atoms with Gasteiger partial charge in [-0.3, -0.25) is 0 Å². The van der Waals surface area contributed by atoms with E-state index in [2.05, 4.69) is 24.1 Å². The quantitative estimate of drug-likeness (QED) is 0.695. The zero-order chi connectivity index (χ0) is 14.7. The van der Waals surface area contributed by atoms with Gasteiger partial charge in [-0.25, -0.2) is 4.98 Å². The molecule has 0 amide bonds. The monoisotopic (exact) mass is 284 g/mol. The van der Waals surface area contributed by atoms with Gasteiger partial charge in [0.1, 0.15) is 5.58 Å². The fourth-order valence-electron chi connectivity index (χ4n) is 2.27. The van der Waals surface area contributed by atoms with Crippen molar-refractivity contribution in [1.29, 1.82) is 0 Å². The number of hydrogen-bond donors (Lipinski definition) is 1. The molecule has 2 heterocycles. The first-order valence-electron chi connectivity index (χ1n) is 7.39. The van der Waals surface area contributed by atoms with Crippen molar-refractivity contribution < 1.29 is 8.83 Å². The van der Waals surface area contributed by atoms with Crippen LogP contribution in [0.3, 0.4) is 0 Å². The van der Waals surface area contributed by atoms with E-state index in [4.69, 9.17) is 8.83 Å². The second-order valence-electron chi connectivity index (χ2n) is 5.48. The van der Waals surface area contributed by atoms with Gasteiger partial charge < -0.3 is 14.2 Å². The normalized spacial score (nSPS) is 11.6. The van der Waals surface area contributed by atoms with Crippen LogP contribution in [-0.2, 0) is 6.42 Å². The summed E-state index contributed by atoms with van der Waals surface area (Å²) in [5, 5.41) is 4.46. The molecule has 0 unspecified atom stereocenters. The molecular formula is C17H20N2O2. The average molecular weight is 284 g/mol. The van der Waals surface area contributed by atoms with Crippen molar-refractivity contribution in [2.75, 3.05) is 6.54 Å². The SMILES string of the molecule is CC(C)NCCCc1ncc(-c2cc3ccccc3o2)o1. The molecule has 0 aliphatic rings. The van der Waals surface area contributed by atoms with E-state index in [0.29, 0.717) is 11.8 Å². The maximum absolute atomic E-state index is 5.78. The van der Waals surface area contributed by atoms with Crippen LogP contribution >= 0.6 is 0 Å². The summed E-state index contributed by atoms with van der Waals surface area (Å²) in [5.41, 5.74) is 0.867. The van der Waals surface area contributed by atoms with Crippen LogP contribution < -0.4 is 5.32 Å². The van der Waals surface area contributed by atoms with Crippen LogP contribution in [0.15, 0.2) is 45.4 Å². The van der Waals surface area contributed by atoms with Crippen LogP contribution in [0.25, 0.3) is 22.5 Å². The molecule has 0 saturated heterocycles. The van der Waals surface area contributed by atoms with Crippen molar-refractivity contribution in [3.63, 3.8) is 0 Å². The number of aromatic nitrogens is 1. The van der Waals surface area contributed by atoms with Crippen LogP contribution in [0.4, 0.5) is 0 Å². The predicted molar refractivity (Wildman–Crippen MR) is 83.2 cm³/mol. The fourth-order valence-corrected chi connectivity index (χ4v) is 2.27. The van der Waals surface area contributed by atoms with Gasteiger partial charge >= 0.3 is 0 Å². The largest absolute Gasteiger partial charge is 0.453 e.